The summed E-state index contributed by atoms with van der Waals surface area (Å²) in [5.41, 5.74) is 0. The molecule has 0 aromatic carbocycles. The molecule has 1 rings (SSSR count). The Hall–Kier alpha value is 5.53. The van der Waals surface area contributed by atoms with Gasteiger partial charge in [0.05, 0.1) is 6.61 Å². The first-order valence-electron chi connectivity index (χ1n) is 3.56. The van der Waals surface area contributed by atoms with Crippen molar-refractivity contribution in [2.45, 2.75) is 30.7 Å². The molecule has 0 amide bonds. The van der Waals surface area contributed by atoms with Crippen LogP contribution >= 0.6 is 0 Å². The van der Waals surface area contributed by atoms with Crippen molar-refractivity contribution in [3.8, 4) is 0 Å². The molecule has 1 saturated heterocycles. The summed E-state index contributed by atoms with van der Waals surface area (Å²) >= 11 is 0. The fraction of sp³-hybridized carbons (Fsp3) is 1.00. The zero-order valence-electron chi connectivity index (χ0n) is 8.55. The van der Waals surface area contributed by atoms with Crippen LogP contribution in [0.2, 0.25) is 0 Å². The van der Waals surface area contributed by atoms with Crippen LogP contribution in [0.1, 0.15) is 0 Å². The second-order valence-corrected chi connectivity index (χ2v) is 2.72. The number of rotatable bonds is 1. The van der Waals surface area contributed by atoms with Gasteiger partial charge in [-0.2, -0.15) is 0 Å². The molecule has 10 heteroatoms. The normalized spacial score (nSPS) is 36.9. The molecule has 1 aliphatic heterocycles. The van der Waals surface area contributed by atoms with Crippen molar-refractivity contribution in [1.82, 2.24) is 0 Å². The molecule has 5 atom stereocenters. The second kappa shape index (κ2) is 15.4. The van der Waals surface area contributed by atoms with Gasteiger partial charge in [0.2, 0.25) is 0 Å². The number of ether oxygens (including phenoxy) is 1. The van der Waals surface area contributed by atoms with Crippen LogP contribution in [0.4, 0.5) is 0 Å². The summed E-state index contributed by atoms with van der Waals surface area (Å²) in [6.45, 7) is -0.526. The van der Waals surface area contributed by atoms with E-state index in [1.54, 1.807) is 0 Å². The first kappa shape index (κ1) is 29.5. The quantitative estimate of drug-likeness (QED) is 0.190. The molecule has 0 aromatic heterocycles. The molecule has 4 radical (unpaired) electrons. The van der Waals surface area contributed by atoms with Gasteiger partial charge in [-0.25, -0.2) is 0 Å². The number of aliphatic hydroxyl groups excluding tert-OH is 5. The molecule has 6 nitrogen and oxygen atoms in total. The molecule has 1 aliphatic rings. The van der Waals surface area contributed by atoms with Gasteiger partial charge in [-0.1, -0.05) is 0 Å². The Balaban J connectivity index is -0.000000180. The van der Waals surface area contributed by atoms with Gasteiger partial charge in [-0.05, 0) is 0 Å². The van der Waals surface area contributed by atoms with Gasteiger partial charge >= 0.3 is 0 Å². The Morgan fingerprint density at radius 1 is 0.750 bits per heavy atom. The Kier molecular flexibility index (Phi) is 28.5. The van der Waals surface area contributed by atoms with Crippen molar-refractivity contribution in [2.75, 3.05) is 6.61 Å². The predicted octanol–water partition coefficient (Wildman–Crippen LogP) is -3.22. The summed E-state index contributed by atoms with van der Waals surface area (Å²) in [4.78, 5) is 0. The van der Waals surface area contributed by atoms with Crippen LogP contribution in [0.15, 0.2) is 0 Å². The van der Waals surface area contributed by atoms with Crippen molar-refractivity contribution < 1.29 is 207 Å². The van der Waals surface area contributed by atoms with E-state index in [-0.39, 0.29) is 176 Å². The van der Waals surface area contributed by atoms with E-state index in [0.717, 1.165) is 0 Å². The van der Waals surface area contributed by atoms with E-state index in [1.165, 1.54) is 0 Å². The molecule has 1 fully saturated rings. The predicted molar refractivity (Wildman–Crippen MR) is 36.0 cm³/mol. The minimum atomic E-state index is -1.57. The smallest absolute Gasteiger partial charge is 0.184 e. The zero-order chi connectivity index (χ0) is 9.30. The maximum absolute atomic E-state index is 9.12. The SMILES string of the molecule is OCC1O[C@@H](O)C(O)C(O)[C@H]1O.[Ac].[Ac].[Ac].[Ac]. The van der Waals surface area contributed by atoms with E-state index >= 15 is 0 Å². The van der Waals surface area contributed by atoms with Crippen LogP contribution in [0.25, 0.3) is 0 Å². The van der Waals surface area contributed by atoms with Gasteiger partial charge in [0.1, 0.15) is 24.4 Å². The van der Waals surface area contributed by atoms with E-state index in [0.29, 0.717) is 0 Å². The average Bonchev–Trinajstić information content (AvgIpc) is 2.08. The van der Waals surface area contributed by atoms with Crippen LogP contribution in [0, 0.1) is 176 Å². The van der Waals surface area contributed by atoms with E-state index in [1.807, 2.05) is 0 Å². The molecule has 0 aliphatic carbocycles. The molecule has 0 bridgehead atoms. The van der Waals surface area contributed by atoms with Crippen molar-refractivity contribution >= 4 is 0 Å². The third-order valence-corrected chi connectivity index (χ3v) is 1.87. The van der Waals surface area contributed by atoms with Gasteiger partial charge in [0, 0.05) is 176 Å². The van der Waals surface area contributed by atoms with E-state index in [9.17, 15) is 0 Å². The monoisotopic (exact) mass is 1090 g/mol. The maximum Gasteiger partial charge on any atom is 0.184 e. The molecule has 0 aromatic rings. The largest absolute Gasteiger partial charge is 0.394 e. The molecule has 1 heterocycles. The minimum Gasteiger partial charge on any atom is -0.394 e. The van der Waals surface area contributed by atoms with Crippen molar-refractivity contribution in [1.29, 1.82) is 0 Å². The molecular weight excluding hydrogens is 1080 g/mol. The molecule has 84 valence electrons. The first-order chi connectivity index (χ1) is 5.57. The van der Waals surface area contributed by atoms with Gasteiger partial charge in [-0.3, -0.25) is 0 Å². The summed E-state index contributed by atoms with van der Waals surface area (Å²) < 4.78 is 4.58. The Morgan fingerprint density at radius 2 is 1.19 bits per heavy atom. The van der Waals surface area contributed by atoms with E-state index in [2.05, 4.69) is 4.74 Å². The standard InChI is InChI=1S/C6H12O6.4Ac/c7-1-2-3(8)4(9)5(10)6(11)12-2;;;;/h2-11H,1H2;;;;/t2?,3-,4?,5?,6+;;;;/m0..../s1. The summed E-state index contributed by atoms with van der Waals surface area (Å²) in [7, 11) is 0. The molecule has 5 N–H and O–H groups in total. The van der Waals surface area contributed by atoms with Gasteiger partial charge in [-0.15, -0.1) is 0 Å². The molecule has 3 unspecified atom stereocenters. The Labute approximate surface area is 237 Å². The van der Waals surface area contributed by atoms with Crippen LogP contribution in [0.5, 0.6) is 0 Å². The molecule has 0 spiro atoms. The first-order valence-corrected chi connectivity index (χ1v) is 3.56. The minimum absolute atomic E-state index is 0. The fourth-order valence-electron chi connectivity index (χ4n) is 1.08. The number of hydrogen-bond acceptors (Lipinski definition) is 6. The van der Waals surface area contributed by atoms with Gasteiger partial charge in [0.25, 0.3) is 0 Å². The summed E-state index contributed by atoms with van der Waals surface area (Å²) in [5.74, 6) is 0. The van der Waals surface area contributed by atoms with Gasteiger partial charge in [0.15, 0.2) is 6.29 Å². The van der Waals surface area contributed by atoms with Gasteiger partial charge < -0.3 is 30.3 Å². The maximum atomic E-state index is 9.12. The molecule has 16 heavy (non-hydrogen) atoms. The van der Waals surface area contributed by atoms with Crippen LogP contribution in [0.3, 0.4) is 0 Å². The summed E-state index contributed by atoms with van der Waals surface area (Å²) in [6, 6.07) is 0. The van der Waals surface area contributed by atoms with E-state index < -0.39 is 37.3 Å². The summed E-state index contributed by atoms with van der Waals surface area (Å²) in [6.07, 6.45) is -7.04. The topological polar surface area (TPSA) is 110 Å². The Morgan fingerprint density at radius 3 is 1.56 bits per heavy atom. The summed E-state index contributed by atoms with van der Waals surface area (Å²) in [5, 5.41) is 44.7. The average molecular weight is 1090 g/mol. The van der Waals surface area contributed by atoms with E-state index in [4.69, 9.17) is 25.5 Å². The van der Waals surface area contributed by atoms with Crippen LogP contribution < -0.4 is 0 Å². The van der Waals surface area contributed by atoms with Crippen LogP contribution in [-0.2, 0) is 4.74 Å². The van der Waals surface area contributed by atoms with Crippen LogP contribution in [-0.4, -0.2) is 62.8 Å². The number of hydrogen-bond donors (Lipinski definition) is 5. The van der Waals surface area contributed by atoms with Crippen molar-refractivity contribution in [3.63, 3.8) is 0 Å². The Bertz CT molecular complexity index is 159. The fourth-order valence-corrected chi connectivity index (χ4v) is 1.08. The number of aliphatic hydroxyl groups is 5. The second-order valence-electron chi connectivity index (χ2n) is 2.72. The third-order valence-electron chi connectivity index (χ3n) is 1.87. The molecular formula is C6H12Ac4O6. The van der Waals surface area contributed by atoms with Crippen molar-refractivity contribution in [3.05, 3.63) is 0 Å². The zero-order valence-corrected chi connectivity index (χ0v) is 27.5. The third kappa shape index (κ3) is 8.85. The van der Waals surface area contributed by atoms with Crippen molar-refractivity contribution in [2.24, 2.45) is 0 Å². The molecule has 0 saturated carbocycles.